The number of urea groups is 1. The molecule has 1 aliphatic rings. The monoisotopic (exact) mass is 316 g/mol. The van der Waals surface area contributed by atoms with Crippen molar-refractivity contribution in [3.8, 4) is 0 Å². The minimum atomic E-state index is -0.347. The van der Waals surface area contributed by atoms with Gasteiger partial charge < -0.3 is 15.0 Å². The van der Waals surface area contributed by atoms with E-state index < -0.39 is 0 Å². The van der Waals surface area contributed by atoms with Crippen molar-refractivity contribution in [3.05, 3.63) is 29.6 Å². The fourth-order valence-corrected chi connectivity index (χ4v) is 2.40. The summed E-state index contributed by atoms with van der Waals surface area (Å²) in [4.78, 5) is 18.7. The summed E-state index contributed by atoms with van der Waals surface area (Å²) >= 11 is 0. The average Bonchev–Trinajstić information content (AvgIpc) is 2.95. The van der Waals surface area contributed by atoms with Gasteiger partial charge in [-0.25, -0.2) is 9.78 Å². The highest BCUT2D eigenvalue weighted by Gasteiger charge is 2.14. The van der Waals surface area contributed by atoms with E-state index in [0.717, 1.165) is 30.3 Å². The third kappa shape index (κ3) is 3.78. The van der Waals surface area contributed by atoms with Gasteiger partial charge in [0.2, 0.25) is 0 Å². The molecule has 2 aromatic rings. The summed E-state index contributed by atoms with van der Waals surface area (Å²) in [5.41, 5.74) is 2.32. The van der Waals surface area contributed by atoms with Crippen LogP contribution in [0.1, 0.15) is 11.4 Å². The molecule has 1 aliphatic heterocycles. The Balaban J connectivity index is 1.64. The number of aryl methyl sites for hydroxylation is 2. The van der Waals surface area contributed by atoms with E-state index in [0.29, 0.717) is 24.7 Å². The van der Waals surface area contributed by atoms with E-state index in [4.69, 9.17) is 4.74 Å². The normalized spacial score (nSPS) is 14.6. The number of pyridine rings is 1. The van der Waals surface area contributed by atoms with Crippen LogP contribution in [0.15, 0.2) is 18.2 Å². The Bertz CT molecular complexity index is 693. The van der Waals surface area contributed by atoms with E-state index >= 15 is 0 Å². The minimum Gasteiger partial charge on any atom is -0.378 e. The molecule has 2 aromatic heterocycles. The van der Waals surface area contributed by atoms with E-state index in [-0.39, 0.29) is 6.03 Å². The van der Waals surface area contributed by atoms with Crippen molar-refractivity contribution in [2.24, 2.45) is 0 Å². The number of morpholine rings is 1. The number of anilines is 3. The number of aromatic amines is 1. The van der Waals surface area contributed by atoms with Crippen LogP contribution in [0.25, 0.3) is 0 Å². The van der Waals surface area contributed by atoms with Crippen LogP contribution in [0.5, 0.6) is 0 Å². The van der Waals surface area contributed by atoms with Gasteiger partial charge in [0, 0.05) is 24.8 Å². The quantitative estimate of drug-likeness (QED) is 0.804. The predicted molar refractivity (Wildman–Crippen MR) is 88.0 cm³/mol. The largest absolute Gasteiger partial charge is 0.378 e. The number of aromatic nitrogens is 3. The van der Waals surface area contributed by atoms with Crippen LogP contribution in [0.3, 0.4) is 0 Å². The molecule has 0 aliphatic carbocycles. The van der Waals surface area contributed by atoms with Crippen molar-refractivity contribution in [2.45, 2.75) is 13.8 Å². The molecular formula is C15H20N6O2. The molecule has 0 radical (unpaired) electrons. The highest BCUT2D eigenvalue weighted by atomic mass is 16.5. The molecule has 0 aromatic carbocycles. The summed E-state index contributed by atoms with van der Waals surface area (Å²) < 4.78 is 5.34. The molecule has 1 fully saturated rings. The van der Waals surface area contributed by atoms with E-state index in [1.807, 2.05) is 26.0 Å². The Morgan fingerprint density at radius 1 is 1.26 bits per heavy atom. The first kappa shape index (κ1) is 15.3. The summed E-state index contributed by atoms with van der Waals surface area (Å²) in [5.74, 6) is 1.38. The number of nitrogens with one attached hydrogen (secondary N) is 3. The van der Waals surface area contributed by atoms with Crippen molar-refractivity contribution in [2.75, 3.05) is 41.8 Å². The molecule has 0 atom stereocenters. The lowest BCUT2D eigenvalue weighted by Crippen LogP contribution is -2.36. The van der Waals surface area contributed by atoms with Gasteiger partial charge in [0.05, 0.1) is 24.6 Å². The summed E-state index contributed by atoms with van der Waals surface area (Å²) in [6.45, 7) is 6.83. The number of rotatable bonds is 3. The molecular weight excluding hydrogens is 296 g/mol. The first-order valence-corrected chi connectivity index (χ1v) is 7.52. The lowest BCUT2D eigenvalue weighted by Gasteiger charge is -2.28. The second kappa shape index (κ2) is 6.66. The van der Waals surface area contributed by atoms with Gasteiger partial charge in [-0.15, -0.1) is 0 Å². The van der Waals surface area contributed by atoms with Gasteiger partial charge in [-0.05, 0) is 26.0 Å². The van der Waals surface area contributed by atoms with Crippen LogP contribution in [-0.4, -0.2) is 47.5 Å². The second-order valence-corrected chi connectivity index (χ2v) is 5.42. The molecule has 122 valence electrons. The summed E-state index contributed by atoms with van der Waals surface area (Å²) in [7, 11) is 0. The van der Waals surface area contributed by atoms with Gasteiger partial charge in [0.25, 0.3) is 0 Å². The number of H-pyrrole nitrogens is 1. The molecule has 8 nitrogen and oxygen atoms in total. The second-order valence-electron chi connectivity index (χ2n) is 5.42. The van der Waals surface area contributed by atoms with E-state index in [9.17, 15) is 4.79 Å². The van der Waals surface area contributed by atoms with Crippen molar-refractivity contribution < 1.29 is 9.53 Å². The topological polar surface area (TPSA) is 95.2 Å². The zero-order chi connectivity index (χ0) is 16.2. The molecule has 23 heavy (non-hydrogen) atoms. The lowest BCUT2D eigenvalue weighted by molar-refractivity contribution is 0.122. The predicted octanol–water partition coefficient (Wildman–Crippen LogP) is 1.90. The first-order valence-electron chi connectivity index (χ1n) is 7.52. The van der Waals surface area contributed by atoms with E-state index in [2.05, 4.69) is 30.7 Å². The van der Waals surface area contributed by atoms with Gasteiger partial charge in [-0.2, -0.15) is 5.10 Å². The zero-order valence-electron chi connectivity index (χ0n) is 13.2. The summed E-state index contributed by atoms with van der Waals surface area (Å²) in [6, 6.07) is 5.18. The molecule has 3 heterocycles. The maximum Gasteiger partial charge on any atom is 0.324 e. The highest BCUT2D eigenvalue weighted by molar-refractivity contribution is 5.99. The molecule has 1 saturated heterocycles. The van der Waals surface area contributed by atoms with Crippen molar-refractivity contribution in [1.29, 1.82) is 0 Å². The Morgan fingerprint density at radius 2 is 2.04 bits per heavy atom. The number of carbonyl (C=O) groups excluding carboxylic acids is 1. The Kier molecular flexibility index (Phi) is 4.42. The van der Waals surface area contributed by atoms with Crippen LogP contribution in [0.2, 0.25) is 0 Å². The van der Waals surface area contributed by atoms with Crippen LogP contribution >= 0.6 is 0 Å². The van der Waals surface area contributed by atoms with Gasteiger partial charge in [-0.1, -0.05) is 0 Å². The Morgan fingerprint density at radius 3 is 2.70 bits per heavy atom. The average molecular weight is 316 g/mol. The van der Waals surface area contributed by atoms with Crippen LogP contribution in [0.4, 0.5) is 22.1 Å². The van der Waals surface area contributed by atoms with E-state index in [1.54, 1.807) is 6.07 Å². The van der Waals surface area contributed by atoms with Gasteiger partial charge >= 0.3 is 6.03 Å². The van der Waals surface area contributed by atoms with Crippen LogP contribution in [-0.2, 0) is 4.74 Å². The zero-order valence-corrected chi connectivity index (χ0v) is 13.2. The third-order valence-corrected chi connectivity index (χ3v) is 3.60. The van der Waals surface area contributed by atoms with Gasteiger partial charge in [0.15, 0.2) is 5.82 Å². The fourth-order valence-electron chi connectivity index (χ4n) is 2.40. The van der Waals surface area contributed by atoms with Gasteiger partial charge in [-0.3, -0.25) is 10.4 Å². The molecule has 0 spiro atoms. The third-order valence-electron chi connectivity index (χ3n) is 3.60. The standard InChI is InChI=1S/C15H20N6O2/c1-10-9-13(20-19-10)18-15(22)17-12-3-4-14(16-11(12)2)21-5-7-23-8-6-21/h3-4,9H,5-8H2,1-2H3,(H3,17,18,19,20,22). The molecule has 0 bridgehead atoms. The van der Waals surface area contributed by atoms with Crippen LogP contribution in [0, 0.1) is 13.8 Å². The van der Waals surface area contributed by atoms with Crippen molar-refractivity contribution in [1.82, 2.24) is 15.2 Å². The SMILES string of the molecule is Cc1cc(NC(=O)Nc2ccc(N3CCOCC3)nc2C)n[nH]1. The van der Waals surface area contributed by atoms with Gasteiger partial charge in [0.1, 0.15) is 5.82 Å². The number of amides is 2. The number of ether oxygens (including phenoxy) is 1. The summed E-state index contributed by atoms with van der Waals surface area (Å²) in [5, 5.41) is 12.2. The first-order chi connectivity index (χ1) is 11.1. The lowest BCUT2D eigenvalue weighted by atomic mass is 10.3. The minimum absolute atomic E-state index is 0.347. The maximum atomic E-state index is 12.0. The Labute approximate surface area is 134 Å². The smallest absolute Gasteiger partial charge is 0.324 e. The summed E-state index contributed by atoms with van der Waals surface area (Å²) in [6.07, 6.45) is 0. The highest BCUT2D eigenvalue weighted by Crippen LogP contribution is 2.19. The van der Waals surface area contributed by atoms with E-state index in [1.165, 1.54) is 0 Å². The maximum absolute atomic E-state index is 12.0. The Hall–Kier alpha value is -2.61. The molecule has 3 N–H and O–H groups in total. The molecule has 0 saturated carbocycles. The van der Waals surface area contributed by atoms with Crippen LogP contribution < -0.4 is 15.5 Å². The fraction of sp³-hybridized carbons (Fsp3) is 0.400. The number of carbonyl (C=O) groups is 1. The molecule has 8 heteroatoms. The molecule has 2 amide bonds. The number of nitrogens with zero attached hydrogens (tertiary/aromatic N) is 3. The van der Waals surface area contributed by atoms with Crippen molar-refractivity contribution in [3.63, 3.8) is 0 Å². The molecule has 0 unspecified atom stereocenters. The molecule has 3 rings (SSSR count). The number of hydrogen-bond acceptors (Lipinski definition) is 5. The van der Waals surface area contributed by atoms with Crippen molar-refractivity contribution >= 4 is 23.4 Å². The number of hydrogen-bond donors (Lipinski definition) is 3.